The molecule has 1 heteroatoms. The molecular weight excluding hydrogens is 94.9 g/mol. The van der Waals surface area contributed by atoms with Gasteiger partial charge in [-0.1, -0.05) is 18.5 Å². The van der Waals surface area contributed by atoms with Crippen molar-refractivity contribution in [2.75, 3.05) is 0 Å². The Morgan fingerprint density at radius 1 is 1.75 bits per heavy atom. The lowest BCUT2D eigenvalue weighted by Gasteiger charge is -2.22. The molecule has 0 spiro atoms. The smallest absolute Gasteiger partial charge is 0.0952 e. The van der Waals surface area contributed by atoms with Gasteiger partial charge in [0.05, 0.1) is 0 Å². The highest BCUT2D eigenvalue weighted by Crippen LogP contribution is 2.33. The zero-order valence-corrected chi connectivity index (χ0v) is 5.62. The summed E-state index contributed by atoms with van der Waals surface area (Å²) in [5, 5.41) is 0. The lowest BCUT2D eigenvalue weighted by Crippen LogP contribution is -2.03. The van der Waals surface area contributed by atoms with Gasteiger partial charge in [-0.2, -0.15) is 0 Å². The van der Waals surface area contributed by atoms with Gasteiger partial charge in [0.2, 0.25) is 0 Å². The van der Waals surface area contributed by atoms with Gasteiger partial charge in [-0.15, -0.1) is 0 Å². The summed E-state index contributed by atoms with van der Waals surface area (Å²) >= 11 is 0. The van der Waals surface area contributed by atoms with Crippen LogP contribution >= 0.6 is 0 Å². The molecule has 0 atom stereocenters. The summed E-state index contributed by atoms with van der Waals surface area (Å²) in [7, 11) is 2.20. The topological polar surface area (TPSA) is 0 Å². The van der Waals surface area contributed by atoms with Crippen LogP contribution < -0.4 is 0 Å². The van der Waals surface area contributed by atoms with Crippen LogP contribution in [-0.2, 0) is 0 Å². The van der Waals surface area contributed by atoms with Gasteiger partial charge in [0.15, 0.2) is 0 Å². The highest BCUT2D eigenvalue weighted by atomic mass is 14.2. The zero-order valence-electron chi connectivity index (χ0n) is 5.62. The summed E-state index contributed by atoms with van der Waals surface area (Å²) in [6, 6.07) is 0. The van der Waals surface area contributed by atoms with Gasteiger partial charge in [0, 0.05) is 0 Å². The number of hydrogen-bond acceptors (Lipinski definition) is 0. The van der Waals surface area contributed by atoms with Crippen molar-refractivity contribution < 1.29 is 0 Å². The van der Waals surface area contributed by atoms with Crippen LogP contribution in [0.3, 0.4) is 0 Å². The summed E-state index contributed by atoms with van der Waals surface area (Å²) in [6.07, 6.45) is 2.38. The predicted molar refractivity (Wildman–Crippen MR) is 39.8 cm³/mol. The minimum Gasteiger partial charge on any atom is -0.0952 e. The van der Waals surface area contributed by atoms with E-state index in [2.05, 4.69) is 21.3 Å². The molecule has 42 valence electrons. The quantitative estimate of drug-likeness (QED) is 0.442. The van der Waals surface area contributed by atoms with Gasteiger partial charge in [0.1, 0.15) is 7.85 Å². The van der Waals surface area contributed by atoms with E-state index in [1.54, 1.807) is 5.57 Å². The fourth-order valence-corrected chi connectivity index (χ4v) is 1.06. The molecule has 0 bridgehead atoms. The summed E-state index contributed by atoms with van der Waals surface area (Å²) in [5.41, 5.74) is 4.38. The van der Waals surface area contributed by atoms with E-state index >= 15 is 0 Å². The van der Waals surface area contributed by atoms with Gasteiger partial charge >= 0.3 is 0 Å². The first-order valence-corrected chi connectivity index (χ1v) is 3.12. The van der Waals surface area contributed by atoms with Crippen LogP contribution in [0.4, 0.5) is 0 Å². The third-order valence-corrected chi connectivity index (χ3v) is 1.91. The number of hydrogen-bond donors (Lipinski definition) is 0. The Hall–Kier alpha value is -0.455. The van der Waals surface area contributed by atoms with Gasteiger partial charge in [-0.3, -0.25) is 0 Å². The van der Waals surface area contributed by atoms with E-state index in [-0.39, 0.29) is 0 Å². The maximum absolute atomic E-state index is 3.88. The summed E-state index contributed by atoms with van der Waals surface area (Å²) in [6.45, 7) is 6.04. The molecule has 0 radical (unpaired) electrons. The van der Waals surface area contributed by atoms with Gasteiger partial charge in [0.25, 0.3) is 0 Å². The summed E-state index contributed by atoms with van der Waals surface area (Å²) in [4.78, 5) is 0. The van der Waals surface area contributed by atoms with E-state index in [1.165, 1.54) is 23.9 Å². The molecule has 0 aromatic rings. The fraction of sp³-hybridized carbons (Fsp3) is 0.429. The SMILES string of the molecule is BCC1=C(C)C(=C)C1. The van der Waals surface area contributed by atoms with Crippen LogP contribution in [0.5, 0.6) is 0 Å². The maximum atomic E-state index is 3.88. The molecule has 1 aliphatic rings. The average Bonchev–Trinajstić information content (AvgIpc) is 1.81. The van der Waals surface area contributed by atoms with Crippen molar-refractivity contribution in [2.45, 2.75) is 19.7 Å². The molecule has 0 nitrogen and oxygen atoms in total. The standard InChI is InChI=1S/C7H11B/c1-5-3-7(4-8)6(5)2/h1,3-4,8H2,2H3. The van der Waals surface area contributed by atoms with E-state index in [4.69, 9.17) is 0 Å². The molecule has 0 N–H and O–H groups in total. The second-order valence-electron chi connectivity index (χ2n) is 2.36. The molecule has 1 aliphatic carbocycles. The fourth-order valence-electron chi connectivity index (χ4n) is 1.06. The number of rotatable bonds is 1. The first kappa shape index (κ1) is 5.68. The molecule has 0 aliphatic heterocycles. The summed E-state index contributed by atoms with van der Waals surface area (Å²) in [5.74, 6) is 0. The molecule has 0 saturated heterocycles. The van der Waals surface area contributed by atoms with Crippen LogP contribution in [-0.4, -0.2) is 7.85 Å². The number of allylic oxidation sites excluding steroid dienone is 3. The molecule has 8 heavy (non-hydrogen) atoms. The van der Waals surface area contributed by atoms with Gasteiger partial charge in [-0.05, 0) is 24.5 Å². The van der Waals surface area contributed by atoms with E-state index in [9.17, 15) is 0 Å². The first-order chi connectivity index (χ1) is 3.75. The Balaban J connectivity index is 2.72. The molecule has 0 aromatic heterocycles. The minimum atomic E-state index is 1.17. The van der Waals surface area contributed by atoms with Crippen molar-refractivity contribution in [3.05, 3.63) is 23.3 Å². The van der Waals surface area contributed by atoms with Crippen molar-refractivity contribution in [1.29, 1.82) is 0 Å². The van der Waals surface area contributed by atoms with E-state index in [0.29, 0.717) is 0 Å². The Labute approximate surface area is 51.7 Å². The van der Waals surface area contributed by atoms with Crippen LogP contribution in [0, 0.1) is 0 Å². The van der Waals surface area contributed by atoms with Crippen molar-refractivity contribution >= 4 is 7.85 Å². The van der Waals surface area contributed by atoms with Crippen LogP contribution in [0.1, 0.15) is 13.3 Å². The molecule has 0 amide bonds. The normalized spacial score (nSPS) is 18.9. The molecule has 0 aromatic carbocycles. The Bertz CT molecular complexity index is 154. The third-order valence-electron chi connectivity index (χ3n) is 1.91. The third kappa shape index (κ3) is 0.624. The second-order valence-corrected chi connectivity index (χ2v) is 2.36. The van der Waals surface area contributed by atoms with Crippen molar-refractivity contribution in [3.8, 4) is 0 Å². The highest BCUT2D eigenvalue weighted by molar-refractivity contribution is 6.10. The maximum Gasteiger partial charge on any atom is 0.106 e. The molecule has 0 heterocycles. The molecule has 0 unspecified atom stereocenters. The molecule has 0 fully saturated rings. The van der Waals surface area contributed by atoms with Crippen LogP contribution in [0.2, 0.25) is 6.32 Å². The summed E-state index contributed by atoms with van der Waals surface area (Å²) < 4.78 is 0. The van der Waals surface area contributed by atoms with Crippen LogP contribution in [0.15, 0.2) is 23.3 Å². The lowest BCUT2D eigenvalue weighted by molar-refractivity contribution is 0.984. The lowest BCUT2D eigenvalue weighted by atomic mass is 9.78. The van der Waals surface area contributed by atoms with E-state index < -0.39 is 0 Å². The Morgan fingerprint density at radius 3 is 2.50 bits per heavy atom. The first-order valence-electron chi connectivity index (χ1n) is 3.12. The highest BCUT2D eigenvalue weighted by Gasteiger charge is 2.13. The van der Waals surface area contributed by atoms with E-state index in [1.807, 2.05) is 0 Å². The zero-order chi connectivity index (χ0) is 6.15. The monoisotopic (exact) mass is 106 g/mol. The minimum absolute atomic E-state index is 1.17. The molecule has 0 saturated carbocycles. The average molecular weight is 106 g/mol. The molecule has 1 rings (SSSR count). The van der Waals surface area contributed by atoms with Crippen molar-refractivity contribution in [1.82, 2.24) is 0 Å². The molecular formula is C7H11B. The van der Waals surface area contributed by atoms with E-state index in [0.717, 1.165) is 0 Å². The van der Waals surface area contributed by atoms with Crippen molar-refractivity contribution in [3.63, 3.8) is 0 Å². The predicted octanol–water partition coefficient (Wildman–Crippen LogP) is 1.31. The second kappa shape index (κ2) is 1.81. The van der Waals surface area contributed by atoms with Crippen molar-refractivity contribution in [2.24, 2.45) is 0 Å². The Morgan fingerprint density at radius 2 is 2.38 bits per heavy atom. The van der Waals surface area contributed by atoms with Gasteiger partial charge in [-0.25, -0.2) is 0 Å². The largest absolute Gasteiger partial charge is 0.106 e. The van der Waals surface area contributed by atoms with Gasteiger partial charge < -0.3 is 0 Å². The Kier molecular flexibility index (Phi) is 1.28. The van der Waals surface area contributed by atoms with Crippen LogP contribution in [0.25, 0.3) is 0 Å².